The number of allylic oxidation sites excluding steroid dienone is 1. The van der Waals surface area contributed by atoms with Gasteiger partial charge in [0.1, 0.15) is 6.61 Å². The van der Waals surface area contributed by atoms with E-state index in [1.54, 1.807) is 11.6 Å². The minimum Gasteiger partial charge on any atom is -0.456 e. The number of thiazole rings is 1. The highest BCUT2D eigenvalue weighted by Crippen LogP contribution is 2.07. The van der Waals surface area contributed by atoms with Gasteiger partial charge in [-0.15, -0.1) is 11.3 Å². The molecule has 0 spiro atoms. The summed E-state index contributed by atoms with van der Waals surface area (Å²) in [6, 6.07) is 1.37. The van der Waals surface area contributed by atoms with E-state index >= 15 is 0 Å². The van der Waals surface area contributed by atoms with Crippen LogP contribution in [0.4, 0.5) is 0 Å². The number of hydrogen-bond donors (Lipinski definition) is 0. The molecule has 2 heterocycles. The van der Waals surface area contributed by atoms with Crippen molar-refractivity contribution in [3.63, 3.8) is 0 Å². The highest BCUT2D eigenvalue weighted by Gasteiger charge is 2.05. The van der Waals surface area contributed by atoms with Crippen LogP contribution in [0.15, 0.2) is 34.1 Å². The van der Waals surface area contributed by atoms with E-state index in [1.807, 2.05) is 13.8 Å². The average molecular weight is 264 g/mol. The largest absolute Gasteiger partial charge is 0.456 e. The number of esters is 1. The van der Waals surface area contributed by atoms with Crippen molar-refractivity contribution in [2.45, 2.75) is 20.5 Å². The van der Waals surface area contributed by atoms with E-state index in [0.717, 1.165) is 5.57 Å². The molecule has 2 rings (SSSR count). The van der Waals surface area contributed by atoms with E-state index in [1.165, 1.54) is 27.9 Å². The molecular formula is C12H12N2O3S. The summed E-state index contributed by atoms with van der Waals surface area (Å²) in [6.45, 7) is 3.62. The Morgan fingerprint density at radius 2 is 2.33 bits per heavy atom. The second-order valence-electron chi connectivity index (χ2n) is 3.97. The zero-order valence-corrected chi connectivity index (χ0v) is 10.9. The second-order valence-corrected chi connectivity index (χ2v) is 4.84. The van der Waals surface area contributed by atoms with Crippen molar-refractivity contribution in [1.82, 2.24) is 9.38 Å². The summed E-state index contributed by atoms with van der Waals surface area (Å²) in [7, 11) is 0. The van der Waals surface area contributed by atoms with E-state index in [-0.39, 0.29) is 12.2 Å². The van der Waals surface area contributed by atoms with Gasteiger partial charge in [-0.3, -0.25) is 9.20 Å². The molecule has 0 amide bonds. The summed E-state index contributed by atoms with van der Waals surface area (Å²) in [4.78, 5) is 27.8. The lowest BCUT2D eigenvalue weighted by atomic mass is 10.3. The van der Waals surface area contributed by atoms with Crippen molar-refractivity contribution in [3.8, 4) is 0 Å². The van der Waals surface area contributed by atoms with Gasteiger partial charge in [-0.1, -0.05) is 5.57 Å². The Morgan fingerprint density at radius 1 is 1.56 bits per heavy atom. The zero-order chi connectivity index (χ0) is 13.1. The summed E-state index contributed by atoms with van der Waals surface area (Å²) in [5.74, 6) is -0.428. The fraction of sp³-hybridized carbons (Fsp3) is 0.250. The van der Waals surface area contributed by atoms with E-state index in [2.05, 4.69) is 4.98 Å². The van der Waals surface area contributed by atoms with Crippen LogP contribution in [0.3, 0.4) is 0 Å². The van der Waals surface area contributed by atoms with Gasteiger partial charge < -0.3 is 4.74 Å². The summed E-state index contributed by atoms with van der Waals surface area (Å²) >= 11 is 1.36. The second kappa shape index (κ2) is 5.14. The van der Waals surface area contributed by atoms with Gasteiger partial charge in [0.05, 0.1) is 5.69 Å². The topological polar surface area (TPSA) is 60.7 Å². The quantitative estimate of drug-likeness (QED) is 0.626. The molecule has 2 aromatic rings. The van der Waals surface area contributed by atoms with E-state index in [0.29, 0.717) is 10.7 Å². The van der Waals surface area contributed by atoms with Crippen molar-refractivity contribution >= 4 is 22.3 Å². The van der Waals surface area contributed by atoms with Crippen LogP contribution in [0.1, 0.15) is 19.5 Å². The molecule has 0 fully saturated rings. The minimum absolute atomic E-state index is 0.00620. The third kappa shape index (κ3) is 2.84. The van der Waals surface area contributed by atoms with Crippen molar-refractivity contribution in [1.29, 1.82) is 0 Å². The molecule has 18 heavy (non-hydrogen) atoms. The molecule has 0 saturated carbocycles. The van der Waals surface area contributed by atoms with Gasteiger partial charge in [0, 0.05) is 23.7 Å². The van der Waals surface area contributed by atoms with Gasteiger partial charge in [-0.05, 0) is 13.8 Å². The van der Waals surface area contributed by atoms with Crippen LogP contribution in [0.5, 0.6) is 0 Å². The van der Waals surface area contributed by atoms with Crippen LogP contribution in [0.25, 0.3) is 4.96 Å². The Kier molecular flexibility index (Phi) is 3.57. The Morgan fingerprint density at radius 3 is 3.06 bits per heavy atom. The molecule has 0 radical (unpaired) electrons. The van der Waals surface area contributed by atoms with Gasteiger partial charge in [0.25, 0.3) is 5.56 Å². The van der Waals surface area contributed by atoms with Crippen molar-refractivity contribution in [2.75, 3.05) is 0 Å². The first-order valence-electron chi connectivity index (χ1n) is 5.34. The number of ether oxygens (including phenoxy) is 1. The first-order chi connectivity index (χ1) is 8.56. The SMILES string of the molecule is CC(C)=CC(=O)OCc1cc(=O)n2ccsc2n1. The highest BCUT2D eigenvalue weighted by molar-refractivity contribution is 7.15. The van der Waals surface area contributed by atoms with Gasteiger partial charge in [-0.25, -0.2) is 9.78 Å². The number of nitrogens with zero attached hydrogens (tertiary/aromatic N) is 2. The molecule has 0 N–H and O–H groups in total. The molecule has 0 atom stereocenters. The number of carbonyl (C=O) groups is 1. The van der Waals surface area contributed by atoms with E-state index in [4.69, 9.17) is 4.74 Å². The first-order valence-corrected chi connectivity index (χ1v) is 6.21. The van der Waals surface area contributed by atoms with Gasteiger partial charge in [0.2, 0.25) is 0 Å². The fourth-order valence-corrected chi connectivity index (χ4v) is 2.12. The third-order valence-corrected chi connectivity index (χ3v) is 2.88. The smallest absolute Gasteiger partial charge is 0.331 e. The molecule has 6 heteroatoms. The zero-order valence-electron chi connectivity index (χ0n) is 10.0. The minimum atomic E-state index is -0.428. The van der Waals surface area contributed by atoms with Crippen molar-refractivity contribution in [2.24, 2.45) is 0 Å². The maximum atomic E-state index is 11.7. The summed E-state index contributed by atoms with van der Waals surface area (Å²) in [5, 5.41) is 1.78. The Labute approximate surface area is 107 Å². The van der Waals surface area contributed by atoms with Crippen LogP contribution < -0.4 is 5.56 Å². The molecule has 0 aliphatic rings. The normalized spacial score (nSPS) is 10.3. The summed E-state index contributed by atoms with van der Waals surface area (Å²) < 4.78 is 6.45. The lowest BCUT2D eigenvalue weighted by Crippen LogP contribution is -2.14. The molecule has 5 nitrogen and oxygen atoms in total. The molecule has 0 aromatic carbocycles. The fourth-order valence-electron chi connectivity index (χ4n) is 1.38. The standard InChI is InChI=1S/C12H12N2O3S/c1-8(2)5-11(16)17-7-9-6-10(15)14-3-4-18-12(14)13-9/h3-6H,7H2,1-2H3. The molecule has 0 saturated heterocycles. The van der Waals surface area contributed by atoms with Gasteiger partial charge in [-0.2, -0.15) is 0 Å². The number of fused-ring (bicyclic) bond motifs is 1. The average Bonchev–Trinajstić information content (AvgIpc) is 2.74. The number of hydrogen-bond acceptors (Lipinski definition) is 5. The molecule has 2 aromatic heterocycles. The lowest BCUT2D eigenvalue weighted by molar-refractivity contribution is -0.139. The van der Waals surface area contributed by atoms with Crippen LogP contribution in [0.2, 0.25) is 0 Å². The molecule has 0 aliphatic carbocycles. The number of carbonyl (C=O) groups excluding carboxylic acids is 1. The number of rotatable bonds is 3. The predicted octanol–water partition coefficient (Wildman–Crippen LogP) is 1.77. The molecule has 0 bridgehead atoms. The van der Waals surface area contributed by atoms with Crippen LogP contribution in [0, 0.1) is 0 Å². The molecule has 94 valence electrons. The van der Waals surface area contributed by atoms with Crippen molar-refractivity contribution in [3.05, 3.63) is 45.3 Å². The summed E-state index contributed by atoms with van der Waals surface area (Å²) in [6.07, 6.45) is 3.06. The molecular weight excluding hydrogens is 252 g/mol. The van der Waals surface area contributed by atoms with E-state index < -0.39 is 5.97 Å². The van der Waals surface area contributed by atoms with Gasteiger partial charge >= 0.3 is 5.97 Å². The molecule has 0 aliphatic heterocycles. The van der Waals surface area contributed by atoms with Crippen LogP contribution in [-0.2, 0) is 16.1 Å². The van der Waals surface area contributed by atoms with Gasteiger partial charge in [0.15, 0.2) is 4.96 Å². The number of aromatic nitrogens is 2. The first kappa shape index (κ1) is 12.5. The highest BCUT2D eigenvalue weighted by atomic mass is 32.1. The van der Waals surface area contributed by atoms with Crippen LogP contribution >= 0.6 is 11.3 Å². The lowest BCUT2D eigenvalue weighted by Gasteiger charge is -2.02. The maximum Gasteiger partial charge on any atom is 0.331 e. The van der Waals surface area contributed by atoms with Crippen molar-refractivity contribution < 1.29 is 9.53 Å². The predicted molar refractivity (Wildman–Crippen MR) is 68.6 cm³/mol. The van der Waals surface area contributed by atoms with Crippen LogP contribution in [-0.4, -0.2) is 15.4 Å². The summed E-state index contributed by atoms with van der Waals surface area (Å²) in [5.41, 5.74) is 1.15. The van der Waals surface area contributed by atoms with E-state index in [9.17, 15) is 9.59 Å². The Hall–Kier alpha value is -1.95. The maximum absolute atomic E-state index is 11.7. The third-order valence-electron chi connectivity index (χ3n) is 2.13. The Bertz CT molecular complexity index is 665. The Balaban J connectivity index is 2.15. The monoisotopic (exact) mass is 264 g/mol. The molecule has 0 unspecified atom stereocenters.